The predicted molar refractivity (Wildman–Crippen MR) is 95.7 cm³/mol. The fraction of sp³-hybridized carbons (Fsp3) is 0.118. The number of nitrogens with zero attached hydrogens (tertiary/aromatic N) is 2. The Bertz CT molecular complexity index is 756. The first kappa shape index (κ1) is 14.9. The zero-order chi connectivity index (χ0) is 15.5. The summed E-state index contributed by atoms with van der Waals surface area (Å²) < 4.78 is 0.575. The van der Waals surface area contributed by atoms with Crippen molar-refractivity contribution in [3.63, 3.8) is 0 Å². The Morgan fingerprint density at radius 1 is 1.23 bits per heavy atom. The van der Waals surface area contributed by atoms with Crippen molar-refractivity contribution in [1.29, 1.82) is 0 Å². The maximum absolute atomic E-state index is 12.7. The van der Waals surface area contributed by atoms with Crippen LogP contribution in [-0.2, 0) is 11.2 Å². The predicted octanol–water partition coefficient (Wildman–Crippen LogP) is 4.05. The van der Waals surface area contributed by atoms with E-state index < -0.39 is 0 Å². The number of hydrogen-bond donors (Lipinski definition) is 0. The van der Waals surface area contributed by atoms with Gasteiger partial charge in [0.25, 0.3) is 5.91 Å². The minimum absolute atomic E-state index is 0.0623. The number of hydrogen-bond acceptors (Lipinski definition) is 4. The van der Waals surface area contributed by atoms with Crippen LogP contribution in [0.2, 0.25) is 0 Å². The lowest BCUT2D eigenvalue weighted by Gasteiger charge is -2.17. The van der Waals surface area contributed by atoms with E-state index in [1.165, 1.54) is 11.8 Å². The van der Waals surface area contributed by atoms with E-state index in [1.54, 1.807) is 17.3 Å². The quantitative estimate of drug-likeness (QED) is 0.629. The molecule has 1 fully saturated rings. The Labute approximate surface area is 139 Å². The fourth-order valence-corrected chi connectivity index (χ4v) is 3.60. The van der Waals surface area contributed by atoms with Gasteiger partial charge in [-0.15, -0.1) is 0 Å². The van der Waals surface area contributed by atoms with Crippen LogP contribution in [0, 0.1) is 0 Å². The molecule has 0 saturated carbocycles. The molecular weight excluding hydrogens is 312 g/mol. The molecule has 22 heavy (non-hydrogen) atoms. The van der Waals surface area contributed by atoms with Crippen molar-refractivity contribution in [2.45, 2.75) is 13.3 Å². The second-order valence-corrected chi connectivity index (χ2v) is 6.46. The molecule has 1 aromatic carbocycles. The molecule has 1 saturated heterocycles. The number of amides is 1. The van der Waals surface area contributed by atoms with E-state index in [9.17, 15) is 4.79 Å². The van der Waals surface area contributed by atoms with Gasteiger partial charge in [0.2, 0.25) is 0 Å². The molecule has 1 amide bonds. The molecule has 1 aromatic heterocycles. The van der Waals surface area contributed by atoms with Crippen molar-refractivity contribution in [2.24, 2.45) is 0 Å². The highest BCUT2D eigenvalue weighted by Gasteiger charge is 2.34. The molecule has 0 unspecified atom stereocenters. The minimum Gasteiger partial charge on any atom is -0.268 e. The van der Waals surface area contributed by atoms with Crippen LogP contribution in [0.5, 0.6) is 0 Å². The number of benzene rings is 1. The Hall–Kier alpha value is -1.98. The summed E-state index contributed by atoms with van der Waals surface area (Å²) >= 11 is 6.75. The molecular formula is C17H14N2OS2. The van der Waals surface area contributed by atoms with Gasteiger partial charge in [0.15, 0.2) is 4.32 Å². The molecule has 1 aliphatic heterocycles. The Kier molecular flexibility index (Phi) is 4.36. The summed E-state index contributed by atoms with van der Waals surface area (Å²) in [6.45, 7) is 2.07. The first-order chi connectivity index (χ1) is 10.7. The Morgan fingerprint density at radius 2 is 1.95 bits per heavy atom. The maximum atomic E-state index is 12.7. The average molecular weight is 326 g/mol. The molecule has 0 bridgehead atoms. The van der Waals surface area contributed by atoms with E-state index in [-0.39, 0.29) is 5.91 Å². The van der Waals surface area contributed by atoms with Crippen LogP contribution in [0.25, 0.3) is 6.08 Å². The van der Waals surface area contributed by atoms with Gasteiger partial charge in [0.05, 0.1) is 10.6 Å². The molecule has 0 atom stereocenters. The van der Waals surface area contributed by atoms with Crippen LogP contribution >= 0.6 is 24.0 Å². The van der Waals surface area contributed by atoms with Gasteiger partial charge < -0.3 is 0 Å². The highest BCUT2D eigenvalue weighted by Crippen LogP contribution is 2.37. The van der Waals surface area contributed by atoms with Gasteiger partial charge in [0.1, 0.15) is 0 Å². The van der Waals surface area contributed by atoms with Crippen LogP contribution in [0.15, 0.2) is 53.7 Å². The van der Waals surface area contributed by atoms with Crippen LogP contribution in [-0.4, -0.2) is 15.2 Å². The van der Waals surface area contributed by atoms with Crippen LogP contribution in [0.3, 0.4) is 0 Å². The fourth-order valence-electron chi connectivity index (χ4n) is 2.31. The molecule has 1 aliphatic rings. The van der Waals surface area contributed by atoms with E-state index >= 15 is 0 Å². The molecule has 110 valence electrons. The topological polar surface area (TPSA) is 33.2 Å². The second-order valence-electron chi connectivity index (χ2n) is 4.78. The zero-order valence-corrected chi connectivity index (χ0v) is 13.7. The molecule has 0 aliphatic carbocycles. The molecule has 3 rings (SSSR count). The lowest BCUT2D eigenvalue weighted by atomic mass is 10.1. The summed E-state index contributed by atoms with van der Waals surface area (Å²) in [5.41, 5.74) is 2.94. The zero-order valence-electron chi connectivity index (χ0n) is 12.0. The van der Waals surface area contributed by atoms with Crippen molar-refractivity contribution in [3.05, 3.63) is 64.8 Å². The van der Waals surface area contributed by atoms with Gasteiger partial charge in [0, 0.05) is 12.4 Å². The number of thiocarbonyl (C=S) groups is 1. The third-order valence-corrected chi connectivity index (χ3v) is 4.71. The summed E-state index contributed by atoms with van der Waals surface area (Å²) in [7, 11) is 0. The lowest BCUT2D eigenvalue weighted by molar-refractivity contribution is -0.113. The molecule has 2 heterocycles. The van der Waals surface area contributed by atoms with Crippen molar-refractivity contribution in [2.75, 3.05) is 4.90 Å². The number of aryl methyl sites for hydroxylation is 1. The SMILES string of the molecule is CCc1ccccc1N1C(=O)/C(=C/c2ccncc2)SC1=S. The normalized spacial score (nSPS) is 16.6. The average Bonchev–Trinajstić information content (AvgIpc) is 2.82. The minimum atomic E-state index is -0.0623. The first-order valence-corrected chi connectivity index (χ1v) is 8.19. The van der Waals surface area contributed by atoms with Gasteiger partial charge in [-0.3, -0.25) is 14.7 Å². The van der Waals surface area contributed by atoms with Crippen LogP contribution in [0.1, 0.15) is 18.1 Å². The first-order valence-electron chi connectivity index (χ1n) is 6.96. The van der Waals surface area contributed by atoms with Gasteiger partial charge in [-0.2, -0.15) is 0 Å². The van der Waals surface area contributed by atoms with Gasteiger partial charge in [-0.1, -0.05) is 49.1 Å². The van der Waals surface area contributed by atoms with Crippen molar-refractivity contribution in [3.8, 4) is 0 Å². The Morgan fingerprint density at radius 3 is 2.68 bits per heavy atom. The van der Waals surface area contributed by atoms with Crippen molar-refractivity contribution in [1.82, 2.24) is 4.98 Å². The summed E-state index contributed by atoms with van der Waals surface area (Å²) in [5.74, 6) is -0.0623. The number of rotatable bonds is 3. The number of anilines is 1. The van der Waals surface area contributed by atoms with Gasteiger partial charge in [-0.05, 0) is 41.8 Å². The lowest BCUT2D eigenvalue weighted by Crippen LogP contribution is -2.28. The monoisotopic (exact) mass is 326 g/mol. The van der Waals surface area contributed by atoms with Crippen molar-refractivity contribution < 1.29 is 4.79 Å². The third kappa shape index (κ3) is 2.82. The molecule has 5 heteroatoms. The van der Waals surface area contributed by atoms with Crippen LogP contribution < -0.4 is 4.90 Å². The number of thioether (sulfide) groups is 1. The van der Waals surface area contributed by atoms with Gasteiger partial charge >= 0.3 is 0 Å². The molecule has 0 N–H and O–H groups in total. The molecule has 3 nitrogen and oxygen atoms in total. The van der Waals surface area contributed by atoms with E-state index in [0.29, 0.717) is 9.23 Å². The number of aromatic nitrogens is 1. The molecule has 0 radical (unpaired) electrons. The third-order valence-electron chi connectivity index (χ3n) is 3.41. The summed E-state index contributed by atoms with van der Waals surface area (Å²) in [4.78, 5) is 19.0. The molecule has 2 aromatic rings. The van der Waals surface area contributed by atoms with Crippen molar-refractivity contribution >= 4 is 46.0 Å². The largest absolute Gasteiger partial charge is 0.270 e. The van der Waals surface area contributed by atoms with E-state index in [1.807, 2.05) is 42.5 Å². The van der Waals surface area contributed by atoms with Gasteiger partial charge in [-0.25, -0.2) is 0 Å². The summed E-state index contributed by atoms with van der Waals surface area (Å²) in [6.07, 6.45) is 6.13. The summed E-state index contributed by atoms with van der Waals surface area (Å²) in [5, 5.41) is 0. The van der Waals surface area contributed by atoms with E-state index in [0.717, 1.165) is 23.2 Å². The standard InChI is InChI=1S/C17H14N2OS2/c1-2-13-5-3-4-6-14(13)19-16(20)15(22-17(19)21)11-12-7-9-18-10-8-12/h3-11H,2H2,1H3/b15-11-. The number of carbonyl (C=O) groups excluding carboxylic acids is 1. The highest BCUT2D eigenvalue weighted by molar-refractivity contribution is 8.27. The summed E-state index contributed by atoms with van der Waals surface area (Å²) in [6, 6.07) is 11.6. The van der Waals surface area contributed by atoms with E-state index in [2.05, 4.69) is 11.9 Å². The van der Waals surface area contributed by atoms with Crippen LogP contribution in [0.4, 0.5) is 5.69 Å². The number of carbonyl (C=O) groups is 1. The number of para-hydroxylation sites is 1. The highest BCUT2D eigenvalue weighted by atomic mass is 32.2. The number of pyridine rings is 1. The molecule has 0 spiro atoms. The Balaban J connectivity index is 1.97. The smallest absolute Gasteiger partial charge is 0.268 e. The second kappa shape index (κ2) is 6.42. The maximum Gasteiger partial charge on any atom is 0.270 e. The van der Waals surface area contributed by atoms with E-state index in [4.69, 9.17) is 12.2 Å².